The SMILES string of the molecule is Cc1cc(OCCCC(=O)NCCCOCCOCCOCCCNC(=O)OCc2ccccc2)cc(C)c1S(=O)(=O)N[C@@H](CNC(=O)c1cn(C)c2cc(CNc3nccn3C)ccc2c1=O)C(=O)O. The molecule has 0 unspecified atom stereocenters. The first-order valence-electron chi connectivity index (χ1n) is 23.2. The summed E-state index contributed by atoms with van der Waals surface area (Å²) in [6.07, 6.45) is 6.21. The molecule has 0 aliphatic rings. The topological polar surface area (TPSA) is 269 Å². The van der Waals surface area contributed by atoms with Crippen molar-refractivity contribution in [1.82, 2.24) is 34.8 Å². The Kier molecular flexibility index (Phi) is 21.8. The molecule has 21 nitrogen and oxygen atoms in total. The molecular weight excluding hydrogens is 941 g/mol. The summed E-state index contributed by atoms with van der Waals surface area (Å²) in [5, 5.41) is 21.4. The van der Waals surface area contributed by atoms with Gasteiger partial charge in [-0.2, -0.15) is 4.72 Å². The van der Waals surface area contributed by atoms with Crippen molar-refractivity contribution in [3.8, 4) is 5.75 Å². The summed E-state index contributed by atoms with van der Waals surface area (Å²) in [7, 11) is -0.905. The number of carbonyl (C=O) groups is 4. The highest BCUT2D eigenvalue weighted by molar-refractivity contribution is 7.89. The van der Waals surface area contributed by atoms with E-state index in [1.807, 2.05) is 54.2 Å². The molecule has 5 rings (SSSR count). The van der Waals surface area contributed by atoms with Gasteiger partial charge in [-0.1, -0.05) is 36.4 Å². The number of amides is 3. The molecule has 3 aromatic carbocycles. The maximum Gasteiger partial charge on any atom is 0.407 e. The van der Waals surface area contributed by atoms with E-state index in [4.69, 9.17) is 23.7 Å². The van der Waals surface area contributed by atoms with E-state index in [-0.39, 0.29) is 52.5 Å². The van der Waals surface area contributed by atoms with E-state index >= 15 is 0 Å². The molecule has 22 heteroatoms. The molecule has 0 aliphatic carbocycles. The lowest BCUT2D eigenvalue weighted by molar-refractivity contribution is -0.138. The van der Waals surface area contributed by atoms with Gasteiger partial charge >= 0.3 is 12.1 Å². The summed E-state index contributed by atoms with van der Waals surface area (Å²) in [6.45, 7) is 6.69. The van der Waals surface area contributed by atoms with Gasteiger partial charge in [0.25, 0.3) is 5.91 Å². The van der Waals surface area contributed by atoms with Gasteiger partial charge in [-0.25, -0.2) is 18.2 Å². The number of ether oxygens (including phenoxy) is 5. The maximum atomic E-state index is 13.6. The highest BCUT2D eigenvalue weighted by Crippen LogP contribution is 2.26. The molecule has 1 atom stereocenters. The number of fused-ring (bicyclic) bond motifs is 1. The minimum atomic E-state index is -4.43. The minimum Gasteiger partial charge on any atom is -0.494 e. The summed E-state index contributed by atoms with van der Waals surface area (Å²) >= 11 is 0. The molecule has 0 fully saturated rings. The second-order valence-electron chi connectivity index (χ2n) is 16.5. The predicted octanol–water partition coefficient (Wildman–Crippen LogP) is 3.69. The number of sulfonamides is 1. The highest BCUT2D eigenvalue weighted by atomic mass is 32.2. The number of imidazole rings is 1. The first-order chi connectivity index (χ1) is 34.1. The first-order valence-corrected chi connectivity index (χ1v) is 24.7. The normalized spacial score (nSPS) is 11.8. The molecule has 0 saturated carbocycles. The Balaban J connectivity index is 0.929. The summed E-state index contributed by atoms with van der Waals surface area (Å²) in [5.41, 5.74) is 2.11. The average Bonchev–Trinajstić information content (AvgIpc) is 3.76. The van der Waals surface area contributed by atoms with Crippen molar-refractivity contribution in [1.29, 1.82) is 0 Å². The van der Waals surface area contributed by atoms with Crippen molar-refractivity contribution in [3.63, 3.8) is 0 Å². The summed E-state index contributed by atoms with van der Waals surface area (Å²) in [4.78, 5) is 67.1. The molecule has 71 heavy (non-hydrogen) atoms. The number of nitrogens with zero attached hydrogens (tertiary/aromatic N) is 3. The Bertz CT molecular complexity index is 2710. The number of rotatable bonds is 31. The lowest BCUT2D eigenvalue weighted by atomic mass is 10.1. The van der Waals surface area contributed by atoms with Crippen molar-refractivity contribution < 1.29 is 56.4 Å². The Labute approximate surface area is 412 Å². The van der Waals surface area contributed by atoms with Crippen LogP contribution in [0.1, 0.15) is 58.3 Å². The number of benzene rings is 3. The molecule has 2 aromatic heterocycles. The van der Waals surface area contributed by atoms with Gasteiger partial charge in [-0.3, -0.25) is 19.2 Å². The summed E-state index contributed by atoms with van der Waals surface area (Å²) in [5.74, 6) is -1.53. The van der Waals surface area contributed by atoms with Gasteiger partial charge in [0.2, 0.25) is 27.3 Å². The van der Waals surface area contributed by atoms with Crippen LogP contribution in [0.4, 0.5) is 10.7 Å². The van der Waals surface area contributed by atoms with E-state index < -0.39 is 46.0 Å². The quantitative estimate of drug-likeness (QED) is 0.0346. The summed E-state index contributed by atoms with van der Waals surface area (Å²) < 4.78 is 60.3. The van der Waals surface area contributed by atoms with Crippen LogP contribution in [0.15, 0.2) is 88.9 Å². The molecule has 0 spiro atoms. The number of pyridine rings is 1. The van der Waals surface area contributed by atoms with Crippen molar-refractivity contribution in [3.05, 3.63) is 117 Å². The zero-order chi connectivity index (χ0) is 51.2. The second kappa shape index (κ2) is 28.1. The van der Waals surface area contributed by atoms with E-state index in [2.05, 4.69) is 31.0 Å². The Hall–Kier alpha value is -6.85. The Morgan fingerprint density at radius 3 is 2.08 bits per heavy atom. The molecule has 384 valence electrons. The number of hydrogen-bond acceptors (Lipinski definition) is 14. The third-order valence-electron chi connectivity index (χ3n) is 10.8. The molecule has 3 amide bonds. The fourth-order valence-electron chi connectivity index (χ4n) is 7.24. The lowest BCUT2D eigenvalue weighted by Gasteiger charge is -2.19. The number of carboxylic acids is 1. The number of alkyl carbamates (subject to hydrolysis) is 1. The number of aryl methyl sites for hydroxylation is 4. The maximum absolute atomic E-state index is 13.6. The fraction of sp³-hybridized carbons (Fsp3) is 0.429. The van der Waals surface area contributed by atoms with Crippen LogP contribution in [0.5, 0.6) is 5.75 Å². The fourth-order valence-corrected chi connectivity index (χ4v) is 8.89. The third kappa shape index (κ3) is 17.8. The highest BCUT2D eigenvalue weighted by Gasteiger charge is 2.29. The zero-order valence-electron chi connectivity index (χ0n) is 40.5. The van der Waals surface area contributed by atoms with E-state index in [1.54, 1.807) is 43.8 Å². The van der Waals surface area contributed by atoms with Crippen molar-refractivity contribution >= 4 is 50.8 Å². The first kappa shape index (κ1) is 55.1. The number of aliphatic carboxylic acids is 1. The van der Waals surface area contributed by atoms with E-state index in [0.29, 0.717) is 95.8 Å². The zero-order valence-corrected chi connectivity index (χ0v) is 41.3. The van der Waals surface area contributed by atoms with Gasteiger partial charge in [0, 0.05) is 83.9 Å². The van der Waals surface area contributed by atoms with Crippen LogP contribution in [-0.2, 0) is 65.8 Å². The lowest BCUT2D eigenvalue weighted by Crippen LogP contribution is -2.49. The predicted molar refractivity (Wildman–Crippen MR) is 264 cm³/mol. The van der Waals surface area contributed by atoms with Crippen LogP contribution in [0.3, 0.4) is 0 Å². The molecular formula is C49H64N8O13S. The molecule has 0 saturated heterocycles. The number of carboxylic acid groups (broad SMARTS) is 1. The van der Waals surface area contributed by atoms with E-state index in [0.717, 1.165) is 11.1 Å². The Morgan fingerprint density at radius 2 is 1.44 bits per heavy atom. The van der Waals surface area contributed by atoms with Crippen molar-refractivity contribution in [2.45, 2.75) is 63.6 Å². The van der Waals surface area contributed by atoms with Crippen LogP contribution in [0, 0.1) is 13.8 Å². The van der Waals surface area contributed by atoms with Crippen LogP contribution in [-0.4, -0.2) is 123 Å². The van der Waals surface area contributed by atoms with Gasteiger partial charge in [0.15, 0.2) is 0 Å². The van der Waals surface area contributed by atoms with E-state index in [1.165, 1.54) is 18.3 Å². The number of hydrogen-bond donors (Lipinski definition) is 6. The van der Waals surface area contributed by atoms with Crippen molar-refractivity contribution in [2.24, 2.45) is 14.1 Å². The molecule has 0 aliphatic heterocycles. The van der Waals surface area contributed by atoms with Crippen LogP contribution >= 0.6 is 0 Å². The number of anilines is 1. The smallest absolute Gasteiger partial charge is 0.407 e. The monoisotopic (exact) mass is 1000 g/mol. The van der Waals surface area contributed by atoms with Crippen LogP contribution in [0.25, 0.3) is 10.9 Å². The van der Waals surface area contributed by atoms with Crippen LogP contribution < -0.4 is 36.2 Å². The second-order valence-corrected chi connectivity index (χ2v) is 18.1. The number of nitrogens with one attached hydrogen (secondary N) is 5. The molecule has 0 radical (unpaired) electrons. The number of aromatic nitrogens is 3. The average molecular weight is 1010 g/mol. The van der Waals surface area contributed by atoms with Gasteiger partial charge < -0.3 is 59.2 Å². The minimum absolute atomic E-state index is 0.153. The van der Waals surface area contributed by atoms with Gasteiger partial charge in [-0.15, -0.1) is 0 Å². The van der Waals surface area contributed by atoms with Gasteiger partial charge in [0.05, 0.1) is 43.4 Å². The molecule has 0 bridgehead atoms. The van der Waals surface area contributed by atoms with Gasteiger partial charge in [-0.05, 0) is 79.6 Å². The molecule has 6 N–H and O–H groups in total. The molecule has 5 aromatic rings. The molecule has 2 heterocycles. The van der Waals surface area contributed by atoms with E-state index in [9.17, 15) is 37.5 Å². The van der Waals surface area contributed by atoms with Gasteiger partial charge in [0.1, 0.15) is 24.0 Å². The third-order valence-corrected chi connectivity index (χ3v) is 12.6. The largest absolute Gasteiger partial charge is 0.494 e. The number of carbonyl (C=O) groups excluding carboxylic acids is 3. The van der Waals surface area contributed by atoms with Crippen molar-refractivity contribution in [2.75, 3.05) is 71.2 Å². The van der Waals surface area contributed by atoms with Crippen LogP contribution in [0.2, 0.25) is 0 Å². The standard InChI is InChI=1S/C49H64N8O13S/c1-34-27-38(69-22-8-13-43(58)50-16-9-20-66-23-25-68-26-24-67-21-10-17-52-49(63)70-33-36-11-6-5-7-12-36)28-35(2)45(34)71(64,65)55-41(47(61)62)31-53-46(60)40-32-57(4)42-29-37(14-15-39(42)44(40)59)30-54-48-51-18-19-56(48)3/h5-7,11-12,14-15,18-19,27-29,32,41,55H,8-10,13,16-17,20-26,30-31,33H2,1-4H3,(H,50,58)(H,51,54)(H,52,63)(H,53,60)(H,61,62)/t41-/m0/s1. The Morgan fingerprint density at radius 1 is 0.775 bits per heavy atom. The summed E-state index contributed by atoms with van der Waals surface area (Å²) in [6, 6.07) is 15.9.